The van der Waals surface area contributed by atoms with Crippen molar-refractivity contribution in [3.63, 3.8) is 0 Å². The van der Waals surface area contributed by atoms with E-state index in [9.17, 15) is 28.2 Å². The van der Waals surface area contributed by atoms with Crippen molar-refractivity contribution in [1.82, 2.24) is 15.0 Å². The molecule has 3 aromatic rings. The summed E-state index contributed by atoms with van der Waals surface area (Å²) in [5, 5.41) is 23.8. The summed E-state index contributed by atoms with van der Waals surface area (Å²) in [5.41, 5.74) is 1.82. The zero-order chi connectivity index (χ0) is 25.9. The average Bonchev–Trinajstić information content (AvgIpc) is 3.15. The van der Waals surface area contributed by atoms with Crippen molar-refractivity contribution >= 4 is 21.4 Å². The smallest absolute Gasteiger partial charge is 0.440 e. The third-order valence-corrected chi connectivity index (χ3v) is 6.64. The average molecular weight is 520 g/mol. The highest BCUT2D eigenvalue weighted by molar-refractivity contribution is 7.92. The highest BCUT2D eigenvalue weighted by atomic mass is 32.2. The van der Waals surface area contributed by atoms with Crippen LogP contribution in [-0.4, -0.2) is 60.3 Å². The molecule has 2 aromatic carbocycles. The van der Waals surface area contributed by atoms with Crippen molar-refractivity contribution in [2.75, 3.05) is 35.5 Å². The number of H-pyrrole nitrogens is 1. The molecule has 0 amide bonds. The zero-order valence-corrected chi connectivity index (χ0v) is 20.5. The Morgan fingerprint density at radius 2 is 1.83 bits per heavy atom. The Bertz CT molecular complexity index is 1400. The van der Waals surface area contributed by atoms with E-state index in [4.69, 9.17) is 4.52 Å². The van der Waals surface area contributed by atoms with Crippen LogP contribution in [0.3, 0.4) is 0 Å². The molecule has 36 heavy (non-hydrogen) atoms. The van der Waals surface area contributed by atoms with Crippen LogP contribution in [0.5, 0.6) is 5.75 Å². The minimum Gasteiger partial charge on any atom is -0.506 e. The van der Waals surface area contributed by atoms with Gasteiger partial charge < -0.3 is 25.0 Å². The molecule has 1 saturated heterocycles. The van der Waals surface area contributed by atoms with Crippen molar-refractivity contribution in [3.8, 4) is 5.75 Å². The fourth-order valence-electron chi connectivity index (χ4n) is 4.18. The van der Waals surface area contributed by atoms with Crippen molar-refractivity contribution in [1.29, 1.82) is 0 Å². The number of rotatable bonds is 9. The number of phenolic OH excluding ortho intramolecular Hbond substituents is 1. The number of sulfonamides is 1. The summed E-state index contributed by atoms with van der Waals surface area (Å²) >= 11 is 0. The molecule has 12 nitrogen and oxygen atoms in total. The first-order valence-electron chi connectivity index (χ1n) is 11.4. The van der Waals surface area contributed by atoms with Crippen molar-refractivity contribution in [2.24, 2.45) is 0 Å². The number of aliphatic hydroxyl groups excluding tert-OH is 1. The van der Waals surface area contributed by atoms with Gasteiger partial charge in [0, 0.05) is 31.4 Å². The maximum atomic E-state index is 11.6. The van der Waals surface area contributed by atoms with Crippen LogP contribution >= 0.6 is 0 Å². The molecule has 1 aromatic heterocycles. The summed E-state index contributed by atoms with van der Waals surface area (Å²) in [5.74, 6) is -0.993. The van der Waals surface area contributed by atoms with E-state index in [0.717, 1.165) is 48.2 Å². The van der Waals surface area contributed by atoms with E-state index < -0.39 is 27.6 Å². The SMILES string of the molecule is CS(=O)(=O)Nc1cc([C@@H](O)CNC2CCN(c3ccc(Cn4oc(=O)[nH]c4=O)cc3)CC2)ccc1O. The van der Waals surface area contributed by atoms with Gasteiger partial charge in [0.25, 0.3) is 0 Å². The third-order valence-electron chi connectivity index (χ3n) is 6.05. The molecule has 1 aliphatic heterocycles. The first-order chi connectivity index (χ1) is 17.1. The van der Waals surface area contributed by atoms with Crippen LogP contribution in [0.1, 0.15) is 30.1 Å². The summed E-state index contributed by atoms with van der Waals surface area (Å²) in [7, 11) is -3.56. The number of aliphatic hydroxyl groups is 1. The number of hydrogen-bond acceptors (Lipinski definition) is 9. The summed E-state index contributed by atoms with van der Waals surface area (Å²) < 4.78 is 31.0. The van der Waals surface area contributed by atoms with Crippen LogP contribution in [0.15, 0.2) is 56.6 Å². The molecule has 4 rings (SSSR count). The van der Waals surface area contributed by atoms with E-state index in [1.54, 1.807) is 6.07 Å². The van der Waals surface area contributed by atoms with E-state index in [1.165, 1.54) is 12.1 Å². The number of aromatic amines is 1. The van der Waals surface area contributed by atoms with Crippen LogP contribution < -0.4 is 26.4 Å². The third kappa shape index (κ3) is 6.56. The second-order valence-electron chi connectivity index (χ2n) is 8.85. The molecule has 194 valence electrons. The molecule has 0 spiro atoms. The predicted octanol–water partition coefficient (Wildman–Crippen LogP) is 0.547. The number of phenols is 1. The highest BCUT2D eigenvalue weighted by Crippen LogP contribution is 2.28. The number of nitrogens with zero attached hydrogens (tertiary/aromatic N) is 2. The minimum atomic E-state index is -3.56. The number of benzene rings is 2. The largest absolute Gasteiger partial charge is 0.506 e. The lowest BCUT2D eigenvalue weighted by Gasteiger charge is -2.34. The highest BCUT2D eigenvalue weighted by Gasteiger charge is 2.21. The fraction of sp³-hybridized carbons (Fsp3) is 0.391. The lowest BCUT2D eigenvalue weighted by atomic mass is 10.0. The van der Waals surface area contributed by atoms with Gasteiger partial charge in [-0.3, -0.25) is 4.72 Å². The van der Waals surface area contributed by atoms with Gasteiger partial charge in [-0.1, -0.05) is 18.2 Å². The molecule has 1 atom stereocenters. The number of hydrogen-bond donors (Lipinski definition) is 5. The molecule has 1 fully saturated rings. The Morgan fingerprint density at radius 3 is 2.44 bits per heavy atom. The lowest BCUT2D eigenvalue weighted by Crippen LogP contribution is -2.43. The number of aromatic hydroxyl groups is 1. The standard InChI is InChI=1S/C23H29N5O7S/c1-36(33,34)26-19-12-16(4-7-20(19)29)21(30)13-24-17-8-10-27(11-9-17)18-5-2-15(3-6-18)14-28-22(31)25-23(32)35-28/h2-7,12,17,21,24,26,29-30H,8-11,13-14H2,1H3,(H,25,31,32)/t21-/m0/s1. The van der Waals surface area contributed by atoms with Crippen molar-refractivity contribution in [3.05, 3.63) is 74.6 Å². The molecule has 0 aliphatic carbocycles. The molecular formula is C23H29N5O7S. The van der Waals surface area contributed by atoms with Crippen LogP contribution in [0, 0.1) is 0 Å². The van der Waals surface area contributed by atoms with Gasteiger partial charge in [-0.15, -0.1) is 4.74 Å². The van der Waals surface area contributed by atoms with Gasteiger partial charge in [0.1, 0.15) is 5.75 Å². The summed E-state index contributed by atoms with van der Waals surface area (Å²) in [6.45, 7) is 2.10. The molecule has 2 heterocycles. The van der Waals surface area contributed by atoms with Crippen LogP contribution in [-0.2, 0) is 16.6 Å². The quantitative estimate of drug-likeness (QED) is 0.253. The number of anilines is 2. The minimum absolute atomic E-state index is 0.0260. The molecule has 0 unspecified atom stereocenters. The van der Waals surface area contributed by atoms with E-state index in [1.807, 2.05) is 24.3 Å². The first kappa shape index (κ1) is 25.5. The predicted molar refractivity (Wildman–Crippen MR) is 134 cm³/mol. The molecular weight excluding hydrogens is 490 g/mol. The molecule has 0 saturated carbocycles. The monoisotopic (exact) mass is 519 g/mol. The molecule has 1 aliphatic rings. The number of nitrogens with one attached hydrogen (secondary N) is 3. The molecule has 13 heteroatoms. The van der Waals surface area contributed by atoms with Gasteiger partial charge in [0.15, 0.2) is 0 Å². The van der Waals surface area contributed by atoms with Crippen LogP contribution in [0.2, 0.25) is 0 Å². The maximum absolute atomic E-state index is 11.6. The number of piperidine rings is 1. The van der Waals surface area contributed by atoms with Gasteiger partial charge in [0.2, 0.25) is 10.0 Å². The van der Waals surface area contributed by atoms with Crippen LogP contribution in [0.25, 0.3) is 0 Å². The number of aromatic nitrogens is 2. The van der Waals surface area contributed by atoms with Gasteiger partial charge >= 0.3 is 11.4 Å². The molecule has 0 bridgehead atoms. The van der Waals surface area contributed by atoms with Gasteiger partial charge in [-0.25, -0.2) is 23.0 Å². The topological polar surface area (TPSA) is 170 Å². The van der Waals surface area contributed by atoms with Crippen LogP contribution in [0.4, 0.5) is 11.4 Å². The lowest BCUT2D eigenvalue weighted by molar-refractivity contribution is 0.167. The second kappa shape index (κ2) is 10.6. The fourth-order valence-corrected chi connectivity index (χ4v) is 4.74. The first-order valence-corrected chi connectivity index (χ1v) is 13.3. The summed E-state index contributed by atoms with van der Waals surface area (Å²) in [4.78, 5) is 27.0. The normalized spacial score (nSPS) is 15.7. The summed E-state index contributed by atoms with van der Waals surface area (Å²) in [6.07, 6.45) is 1.86. The second-order valence-corrected chi connectivity index (χ2v) is 10.6. The Hall–Kier alpha value is -3.55. The van der Waals surface area contributed by atoms with E-state index in [-0.39, 0.29) is 30.6 Å². The van der Waals surface area contributed by atoms with Gasteiger partial charge in [-0.2, -0.15) is 0 Å². The Morgan fingerprint density at radius 1 is 1.14 bits per heavy atom. The Balaban J connectivity index is 1.27. The molecule has 5 N–H and O–H groups in total. The molecule has 0 radical (unpaired) electrons. The van der Waals surface area contributed by atoms with Gasteiger partial charge in [0.05, 0.1) is 24.6 Å². The van der Waals surface area contributed by atoms with E-state index in [0.29, 0.717) is 5.56 Å². The van der Waals surface area contributed by atoms with Crippen molar-refractivity contribution in [2.45, 2.75) is 31.5 Å². The summed E-state index contributed by atoms with van der Waals surface area (Å²) in [6, 6.07) is 12.3. The van der Waals surface area contributed by atoms with E-state index >= 15 is 0 Å². The van der Waals surface area contributed by atoms with Crippen molar-refractivity contribution < 1.29 is 23.2 Å². The Labute approximate surface area is 207 Å². The van der Waals surface area contributed by atoms with Gasteiger partial charge in [-0.05, 0) is 48.2 Å². The van der Waals surface area contributed by atoms with E-state index in [2.05, 4.69) is 19.9 Å². The zero-order valence-electron chi connectivity index (χ0n) is 19.7. The maximum Gasteiger partial charge on any atom is 0.440 e. The Kier molecular flexibility index (Phi) is 7.52.